The van der Waals surface area contributed by atoms with E-state index >= 15 is 0 Å². The second kappa shape index (κ2) is 6.33. The first-order valence-corrected chi connectivity index (χ1v) is 6.34. The number of carbonyl (C=O) groups is 2. The van der Waals surface area contributed by atoms with Gasteiger partial charge < -0.3 is 15.2 Å². The van der Waals surface area contributed by atoms with E-state index < -0.39 is 5.97 Å². The van der Waals surface area contributed by atoms with Gasteiger partial charge in [-0.2, -0.15) is 0 Å². The zero-order chi connectivity index (χ0) is 13.7. The second-order valence-corrected chi connectivity index (χ2v) is 4.60. The standard InChI is InChI=1S/C14H17NO4/c16-13(12-6-8-19-9-12)15-7-5-10-1-3-11(4-2-10)14(17)18/h1-4,12H,5-9H2,(H,15,16)(H,17,18). The summed E-state index contributed by atoms with van der Waals surface area (Å²) in [5.41, 5.74) is 1.28. The van der Waals surface area contributed by atoms with Crippen LogP contribution in [-0.2, 0) is 16.0 Å². The molecule has 0 spiro atoms. The summed E-state index contributed by atoms with van der Waals surface area (Å²) in [5, 5.41) is 11.7. The lowest BCUT2D eigenvalue weighted by Crippen LogP contribution is -2.32. The highest BCUT2D eigenvalue weighted by Crippen LogP contribution is 2.12. The molecule has 1 aliphatic heterocycles. The van der Waals surface area contributed by atoms with Crippen LogP contribution in [0, 0.1) is 5.92 Å². The van der Waals surface area contributed by atoms with E-state index in [2.05, 4.69) is 5.32 Å². The summed E-state index contributed by atoms with van der Waals surface area (Å²) in [7, 11) is 0. The van der Waals surface area contributed by atoms with E-state index in [0.717, 1.165) is 12.0 Å². The van der Waals surface area contributed by atoms with Crippen LogP contribution < -0.4 is 5.32 Å². The maximum absolute atomic E-state index is 11.7. The molecule has 1 atom stereocenters. The van der Waals surface area contributed by atoms with Crippen molar-refractivity contribution < 1.29 is 19.4 Å². The number of carboxylic acid groups (broad SMARTS) is 1. The van der Waals surface area contributed by atoms with Gasteiger partial charge in [-0.1, -0.05) is 12.1 Å². The fourth-order valence-electron chi connectivity index (χ4n) is 2.03. The monoisotopic (exact) mass is 263 g/mol. The summed E-state index contributed by atoms with van der Waals surface area (Å²) in [4.78, 5) is 22.4. The van der Waals surface area contributed by atoms with Gasteiger partial charge in [-0.25, -0.2) is 4.79 Å². The van der Waals surface area contributed by atoms with Crippen molar-refractivity contribution in [1.29, 1.82) is 0 Å². The van der Waals surface area contributed by atoms with E-state index in [1.165, 1.54) is 0 Å². The van der Waals surface area contributed by atoms with Crippen LogP contribution in [-0.4, -0.2) is 36.7 Å². The van der Waals surface area contributed by atoms with Gasteiger partial charge in [0, 0.05) is 13.2 Å². The third-order valence-corrected chi connectivity index (χ3v) is 3.21. The summed E-state index contributed by atoms with van der Waals surface area (Å²) in [6, 6.07) is 6.69. The Kier molecular flexibility index (Phi) is 4.52. The Bertz CT molecular complexity index is 449. The molecule has 0 saturated carbocycles. The number of amides is 1. The molecule has 1 unspecified atom stereocenters. The number of hydrogen-bond donors (Lipinski definition) is 2. The minimum Gasteiger partial charge on any atom is -0.478 e. The van der Waals surface area contributed by atoms with Crippen LogP contribution in [0.15, 0.2) is 24.3 Å². The van der Waals surface area contributed by atoms with Crippen molar-refractivity contribution in [3.63, 3.8) is 0 Å². The summed E-state index contributed by atoms with van der Waals surface area (Å²) in [5.74, 6) is -0.907. The predicted molar refractivity (Wildman–Crippen MR) is 69.0 cm³/mol. The van der Waals surface area contributed by atoms with Crippen LogP contribution in [0.4, 0.5) is 0 Å². The van der Waals surface area contributed by atoms with E-state index in [1.54, 1.807) is 24.3 Å². The van der Waals surface area contributed by atoms with Gasteiger partial charge in [0.25, 0.3) is 0 Å². The molecule has 1 saturated heterocycles. The molecule has 0 aliphatic carbocycles. The Morgan fingerprint density at radius 2 is 2.05 bits per heavy atom. The summed E-state index contributed by atoms with van der Waals surface area (Å²) >= 11 is 0. The zero-order valence-corrected chi connectivity index (χ0v) is 10.6. The van der Waals surface area contributed by atoms with Gasteiger partial charge in [-0.15, -0.1) is 0 Å². The van der Waals surface area contributed by atoms with Gasteiger partial charge in [-0.05, 0) is 30.5 Å². The topological polar surface area (TPSA) is 75.6 Å². The normalized spacial score (nSPS) is 18.2. The van der Waals surface area contributed by atoms with E-state index in [9.17, 15) is 9.59 Å². The molecule has 1 aromatic carbocycles. The van der Waals surface area contributed by atoms with Crippen molar-refractivity contribution in [2.24, 2.45) is 5.92 Å². The lowest BCUT2D eigenvalue weighted by atomic mass is 10.1. The summed E-state index contributed by atoms with van der Waals surface area (Å²) in [6.07, 6.45) is 1.48. The molecule has 5 nitrogen and oxygen atoms in total. The molecule has 19 heavy (non-hydrogen) atoms. The van der Waals surface area contributed by atoms with Crippen molar-refractivity contribution in [2.75, 3.05) is 19.8 Å². The highest BCUT2D eigenvalue weighted by Gasteiger charge is 2.22. The zero-order valence-electron chi connectivity index (χ0n) is 10.6. The van der Waals surface area contributed by atoms with Crippen molar-refractivity contribution >= 4 is 11.9 Å². The van der Waals surface area contributed by atoms with E-state index in [-0.39, 0.29) is 17.4 Å². The lowest BCUT2D eigenvalue weighted by Gasteiger charge is -2.09. The van der Waals surface area contributed by atoms with Gasteiger partial charge in [0.2, 0.25) is 5.91 Å². The van der Waals surface area contributed by atoms with Gasteiger partial charge in [0.15, 0.2) is 0 Å². The number of aromatic carboxylic acids is 1. The molecule has 2 N–H and O–H groups in total. The molecular formula is C14H17NO4. The number of carboxylic acids is 1. The Hall–Kier alpha value is -1.88. The van der Waals surface area contributed by atoms with Crippen molar-refractivity contribution in [3.8, 4) is 0 Å². The first kappa shape index (κ1) is 13.5. The Morgan fingerprint density at radius 3 is 2.63 bits per heavy atom. The van der Waals surface area contributed by atoms with Crippen LogP contribution in [0.3, 0.4) is 0 Å². The van der Waals surface area contributed by atoms with Crippen molar-refractivity contribution in [3.05, 3.63) is 35.4 Å². The number of ether oxygens (including phenoxy) is 1. The minimum absolute atomic E-state index is 0.0191. The Balaban J connectivity index is 1.75. The number of rotatable bonds is 5. The molecule has 1 amide bonds. The van der Waals surface area contributed by atoms with Crippen molar-refractivity contribution in [1.82, 2.24) is 5.32 Å². The molecule has 1 fully saturated rings. The SMILES string of the molecule is O=C(O)c1ccc(CCNC(=O)C2CCOC2)cc1. The Labute approximate surface area is 111 Å². The predicted octanol–water partition coefficient (Wildman–Crippen LogP) is 1.08. The largest absolute Gasteiger partial charge is 0.478 e. The van der Waals surface area contributed by atoms with Gasteiger partial charge in [0.05, 0.1) is 18.1 Å². The van der Waals surface area contributed by atoms with Gasteiger partial charge in [0.1, 0.15) is 0 Å². The fraction of sp³-hybridized carbons (Fsp3) is 0.429. The average Bonchev–Trinajstić information content (AvgIpc) is 2.93. The smallest absolute Gasteiger partial charge is 0.335 e. The maximum Gasteiger partial charge on any atom is 0.335 e. The van der Waals surface area contributed by atoms with E-state index in [1.807, 2.05) is 0 Å². The van der Waals surface area contributed by atoms with Gasteiger partial charge >= 0.3 is 5.97 Å². The molecule has 5 heteroatoms. The van der Waals surface area contributed by atoms with Crippen LogP contribution in [0.5, 0.6) is 0 Å². The number of carbonyl (C=O) groups excluding carboxylic acids is 1. The Morgan fingerprint density at radius 1 is 1.32 bits per heavy atom. The highest BCUT2D eigenvalue weighted by atomic mass is 16.5. The second-order valence-electron chi connectivity index (χ2n) is 4.60. The molecule has 1 heterocycles. The average molecular weight is 263 g/mol. The number of benzene rings is 1. The molecular weight excluding hydrogens is 246 g/mol. The summed E-state index contributed by atoms with van der Waals surface area (Å²) < 4.78 is 5.16. The number of nitrogens with one attached hydrogen (secondary N) is 1. The molecule has 1 aliphatic rings. The van der Waals surface area contributed by atoms with E-state index in [4.69, 9.17) is 9.84 Å². The highest BCUT2D eigenvalue weighted by molar-refractivity contribution is 5.87. The molecule has 2 rings (SSSR count). The minimum atomic E-state index is -0.930. The molecule has 0 bridgehead atoms. The van der Waals surface area contributed by atoms with Gasteiger partial charge in [-0.3, -0.25) is 4.79 Å². The van der Waals surface area contributed by atoms with Crippen LogP contribution in [0.25, 0.3) is 0 Å². The quantitative estimate of drug-likeness (QED) is 0.833. The molecule has 102 valence electrons. The lowest BCUT2D eigenvalue weighted by molar-refractivity contribution is -0.124. The third kappa shape index (κ3) is 3.79. The molecule has 1 aromatic rings. The molecule has 0 radical (unpaired) electrons. The summed E-state index contributed by atoms with van der Waals surface area (Å²) in [6.45, 7) is 1.73. The first-order chi connectivity index (χ1) is 9.16. The third-order valence-electron chi connectivity index (χ3n) is 3.21. The fourth-order valence-corrected chi connectivity index (χ4v) is 2.03. The van der Waals surface area contributed by atoms with Crippen molar-refractivity contribution in [2.45, 2.75) is 12.8 Å². The van der Waals surface area contributed by atoms with Crippen LogP contribution in [0.2, 0.25) is 0 Å². The van der Waals surface area contributed by atoms with Crippen LogP contribution >= 0.6 is 0 Å². The van der Waals surface area contributed by atoms with Crippen LogP contribution in [0.1, 0.15) is 22.3 Å². The number of hydrogen-bond acceptors (Lipinski definition) is 3. The van der Waals surface area contributed by atoms with E-state index in [0.29, 0.717) is 26.2 Å². The molecule has 0 aromatic heterocycles. The maximum atomic E-state index is 11.7. The first-order valence-electron chi connectivity index (χ1n) is 6.34.